The second-order valence-electron chi connectivity index (χ2n) is 25.9. The summed E-state index contributed by atoms with van der Waals surface area (Å²) in [4.78, 5) is 21.1. The zero-order valence-corrected chi connectivity index (χ0v) is 54.5. The van der Waals surface area contributed by atoms with Crippen molar-refractivity contribution in [2.75, 3.05) is 0 Å². The predicted molar refractivity (Wildman–Crippen MR) is 387 cm³/mol. The van der Waals surface area contributed by atoms with Crippen molar-refractivity contribution < 1.29 is 0 Å². The molecule has 0 fully saturated rings. The maximum absolute atomic E-state index is 5.45. The third-order valence-corrected chi connectivity index (χ3v) is 18.9. The Hall–Kier alpha value is -10.8. The van der Waals surface area contributed by atoms with Gasteiger partial charge in [-0.2, -0.15) is 0 Å². The summed E-state index contributed by atoms with van der Waals surface area (Å²) >= 11 is 0. The number of nitrogens with zero attached hydrogens (tertiary/aromatic N) is 6. The van der Waals surface area contributed by atoms with Gasteiger partial charge < -0.3 is 9.13 Å². The van der Waals surface area contributed by atoms with Gasteiger partial charge in [-0.1, -0.05) is 156 Å². The van der Waals surface area contributed by atoms with Crippen molar-refractivity contribution >= 4 is 43.6 Å². The van der Waals surface area contributed by atoms with Crippen LogP contribution < -0.4 is 0 Å². The number of rotatable bonds is 10. The molecule has 6 heteroatoms. The second-order valence-corrected chi connectivity index (χ2v) is 25.9. The van der Waals surface area contributed by atoms with Gasteiger partial charge >= 0.3 is 0 Å². The van der Waals surface area contributed by atoms with Crippen LogP contribution in [0, 0.1) is 83.1 Å². The number of hydrogen-bond donors (Lipinski definition) is 0. The first-order chi connectivity index (χ1) is 44.5. The zero-order valence-electron chi connectivity index (χ0n) is 54.5. The van der Waals surface area contributed by atoms with Crippen molar-refractivity contribution in [2.24, 2.45) is 0 Å². The van der Waals surface area contributed by atoms with Crippen LogP contribution in [0.4, 0.5) is 0 Å². The zero-order chi connectivity index (χ0) is 63.4. The summed E-state index contributed by atoms with van der Waals surface area (Å²) in [6, 6.07) is 76.2. The minimum Gasteiger partial charge on any atom is -0.309 e. The Morgan fingerprint density at radius 1 is 0.261 bits per heavy atom. The SMILES string of the molecule is Cc1cc(C)c(-c2ccc3c(c2)c2cc(-c4c(C)cc(C)cc4C)ccc2n3-c2ccc(-c3nc(-c4ccccc4)nc(-c4ccccc4)n3)c(-c3cnccc3-n3c4ccc(-c5c(C)cc(C)cc5C)cc4c4cc(-c5c(C)cc(C)cc5C)ccc43)c2)c(C)c1. The summed E-state index contributed by atoms with van der Waals surface area (Å²) in [5, 5.41) is 4.71. The molecule has 15 rings (SSSR count). The Balaban J connectivity index is 1.02. The van der Waals surface area contributed by atoms with Crippen LogP contribution in [0.1, 0.15) is 66.8 Å². The van der Waals surface area contributed by atoms with Gasteiger partial charge in [0.15, 0.2) is 17.5 Å². The van der Waals surface area contributed by atoms with E-state index in [1.54, 1.807) is 0 Å². The Bertz CT molecular complexity index is 5150. The van der Waals surface area contributed by atoms with Gasteiger partial charge in [0.1, 0.15) is 0 Å². The smallest absolute Gasteiger partial charge is 0.164 e. The van der Waals surface area contributed by atoms with Crippen molar-refractivity contribution in [2.45, 2.75) is 83.1 Å². The minimum absolute atomic E-state index is 0.558. The molecule has 15 aromatic rings. The van der Waals surface area contributed by atoms with Crippen LogP contribution >= 0.6 is 0 Å². The van der Waals surface area contributed by atoms with E-state index in [9.17, 15) is 0 Å². The first-order valence-corrected chi connectivity index (χ1v) is 32.0. The standard InChI is InChI=1S/C86H72N6/c1-49-35-53(5)80(54(6)36-49)63-23-29-75-70(43-63)71-44-64(81-55(7)37-50(2)38-56(81)8)24-30-76(71)91(75)67-27-28-68(86-89-84(61-19-15-13-16-20-61)88-85(90-86)62-21-17-14-18-22-62)69(47-67)74-48-87-34-33-79(74)92-77-31-25-65(82-57(9)39-51(3)40-58(82)10)45-72(77)73-46-66(26-32-78(73)92)83-59(11)41-52(4)42-60(83)12/h13-48H,1-12H3. The monoisotopic (exact) mass is 1190 g/mol. The lowest BCUT2D eigenvalue weighted by Crippen LogP contribution is -2.04. The molecule has 0 saturated heterocycles. The quantitative estimate of drug-likeness (QED) is 0.137. The van der Waals surface area contributed by atoms with Crippen molar-refractivity contribution in [3.63, 3.8) is 0 Å². The van der Waals surface area contributed by atoms with E-state index in [0.717, 1.165) is 61.3 Å². The van der Waals surface area contributed by atoms with Crippen molar-refractivity contribution in [3.05, 3.63) is 285 Å². The summed E-state index contributed by atoms with van der Waals surface area (Å²) in [6.45, 7) is 26.7. The van der Waals surface area contributed by atoms with E-state index in [1.807, 2.05) is 48.8 Å². The van der Waals surface area contributed by atoms with Crippen molar-refractivity contribution in [1.29, 1.82) is 0 Å². The summed E-state index contributed by atoms with van der Waals surface area (Å²) < 4.78 is 4.91. The largest absolute Gasteiger partial charge is 0.309 e. The Morgan fingerprint density at radius 3 is 0.957 bits per heavy atom. The number of pyridine rings is 1. The average Bonchev–Trinajstić information content (AvgIpc) is 1.56. The third-order valence-electron chi connectivity index (χ3n) is 18.9. The van der Waals surface area contributed by atoms with Crippen LogP contribution in [0.15, 0.2) is 219 Å². The predicted octanol–water partition coefficient (Wildman–Crippen LogP) is 22.5. The van der Waals surface area contributed by atoms with E-state index in [0.29, 0.717) is 17.5 Å². The molecule has 4 aromatic heterocycles. The molecule has 0 bridgehead atoms. The first kappa shape index (κ1) is 57.6. The lowest BCUT2D eigenvalue weighted by atomic mass is 9.91. The van der Waals surface area contributed by atoms with E-state index in [-0.39, 0.29) is 0 Å². The maximum atomic E-state index is 5.45. The normalized spacial score (nSPS) is 11.7. The third kappa shape index (κ3) is 9.89. The topological polar surface area (TPSA) is 61.4 Å². The number of aromatic nitrogens is 6. The molecule has 11 aromatic carbocycles. The fourth-order valence-corrected chi connectivity index (χ4v) is 15.6. The molecule has 0 amide bonds. The van der Waals surface area contributed by atoms with Gasteiger partial charge in [0.25, 0.3) is 0 Å². The molecular weight excluding hydrogens is 1120 g/mol. The van der Waals surface area contributed by atoms with Crippen LogP contribution in [0.5, 0.6) is 0 Å². The minimum atomic E-state index is 0.558. The maximum Gasteiger partial charge on any atom is 0.164 e. The fraction of sp³-hybridized carbons (Fsp3) is 0.140. The molecule has 0 aliphatic rings. The molecule has 446 valence electrons. The van der Waals surface area contributed by atoms with E-state index in [4.69, 9.17) is 19.9 Å². The van der Waals surface area contributed by atoms with Gasteiger partial charge in [-0.3, -0.25) is 4.98 Å². The fourth-order valence-electron chi connectivity index (χ4n) is 15.6. The Kier molecular flexibility index (Phi) is 14.1. The molecule has 0 aliphatic carbocycles. The number of hydrogen-bond acceptors (Lipinski definition) is 4. The molecule has 92 heavy (non-hydrogen) atoms. The summed E-state index contributed by atoms with van der Waals surface area (Å²) in [7, 11) is 0. The first-order valence-electron chi connectivity index (χ1n) is 32.0. The van der Waals surface area contributed by atoms with Gasteiger partial charge in [-0.15, -0.1) is 0 Å². The van der Waals surface area contributed by atoms with Gasteiger partial charge in [-0.05, 0) is 250 Å². The summed E-state index contributed by atoms with van der Waals surface area (Å²) in [5.74, 6) is 1.74. The molecule has 6 nitrogen and oxygen atoms in total. The molecule has 0 N–H and O–H groups in total. The van der Waals surface area contributed by atoms with E-state index < -0.39 is 0 Å². The summed E-state index contributed by atoms with van der Waals surface area (Å²) in [5.41, 5.74) is 36.0. The Labute approximate surface area is 539 Å². The van der Waals surface area contributed by atoms with Crippen LogP contribution in [0.25, 0.3) is 145 Å². The number of aryl methyl sites for hydroxylation is 12. The van der Waals surface area contributed by atoms with Crippen LogP contribution in [-0.4, -0.2) is 29.1 Å². The molecule has 0 atom stereocenters. The van der Waals surface area contributed by atoms with Crippen molar-refractivity contribution in [3.8, 4) is 101 Å². The molecular formula is C86H72N6. The number of benzene rings is 11. The molecule has 0 unspecified atom stereocenters. The van der Waals surface area contributed by atoms with E-state index in [2.05, 4.69) is 262 Å². The van der Waals surface area contributed by atoms with E-state index >= 15 is 0 Å². The molecule has 0 radical (unpaired) electrons. The molecule has 0 aliphatic heterocycles. The number of fused-ring (bicyclic) bond motifs is 6. The lowest BCUT2D eigenvalue weighted by molar-refractivity contribution is 1.07. The highest BCUT2D eigenvalue weighted by molar-refractivity contribution is 6.14. The highest BCUT2D eigenvalue weighted by Crippen LogP contribution is 2.46. The lowest BCUT2D eigenvalue weighted by Gasteiger charge is -2.19. The Morgan fingerprint density at radius 2 is 0.598 bits per heavy atom. The average molecular weight is 1190 g/mol. The molecule has 0 saturated carbocycles. The van der Waals surface area contributed by atoms with Gasteiger partial charge in [0.2, 0.25) is 0 Å². The highest BCUT2D eigenvalue weighted by atomic mass is 15.0. The van der Waals surface area contributed by atoms with E-state index in [1.165, 1.54) is 133 Å². The van der Waals surface area contributed by atoms with Gasteiger partial charge in [-0.25, -0.2) is 15.0 Å². The van der Waals surface area contributed by atoms with Crippen LogP contribution in [0.3, 0.4) is 0 Å². The van der Waals surface area contributed by atoms with Crippen LogP contribution in [0.2, 0.25) is 0 Å². The van der Waals surface area contributed by atoms with Gasteiger partial charge in [0, 0.05) is 61.9 Å². The molecule has 4 heterocycles. The van der Waals surface area contributed by atoms with Gasteiger partial charge in [0.05, 0.1) is 27.8 Å². The van der Waals surface area contributed by atoms with Crippen LogP contribution in [-0.2, 0) is 0 Å². The summed E-state index contributed by atoms with van der Waals surface area (Å²) in [6.07, 6.45) is 3.97. The second kappa shape index (κ2) is 22.6. The highest BCUT2D eigenvalue weighted by Gasteiger charge is 2.25. The van der Waals surface area contributed by atoms with Crippen molar-refractivity contribution in [1.82, 2.24) is 29.1 Å². The molecule has 0 spiro atoms.